The summed E-state index contributed by atoms with van der Waals surface area (Å²) in [7, 11) is 0. The molecule has 3 rings (SSSR count). The Labute approximate surface area is 152 Å². The van der Waals surface area contributed by atoms with Crippen LogP contribution in [0.15, 0.2) is 30.3 Å². The van der Waals surface area contributed by atoms with Crippen LogP contribution in [-0.4, -0.2) is 30.1 Å². The third-order valence-corrected chi connectivity index (χ3v) is 4.33. The van der Waals surface area contributed by atoms with Gasteiger partial charge in [-0.3, -0.25) is 4.79 Å². The van der Waals surface area contributed by atoms with Crippen molar-refractivity contribution < 1.29 is 31.5 Å². The van der Waals surface area contributed by atoms with Crippen molar-refractivity contribution in [1.82, 2.24) is 4.90 Å². The average molecular weight is 385 g/mol. The number of amides is 1. The smallest absolute Gasteiger partial charge is 0.257 e. The van der Waals surface area contributed by atoms with Gasteiger partial charge < -0.3 is 9.64 Å². The maximum Gasteiger partial charge on any atom is 0.257 e. The van der Waals surface area contributed by atoms with Crippen molar-refractivity contribution in [2.45, 2.75) is 25.5 Å². The zero-order chi connectivity index (χ0) is 19.6. The summed E-state index contributed by atoms with van der Waals surface area (Å²) < 4.78 is 73.1. The van der Waals surface area contributed by atoms with Crippen LogP contribution in [0.25, 0.3) is 0 Å². The highest BCUT2D eigenvalue weighted by Gasteiger charge is 2.29. The van der Waals surface area contributed by atoms with Crippen molar-refractivity contribution in [3.8, 4) is 0 Å². The Morgan fingerprint density at radius 2 is 1.85 bits per heavy atom. The lowest BCUT2D eigenvalue weighted by Gasteiger charge is -2.26. The first-order chi connectivity index (χ1) is 12.9. The van der Waals surface area contributed by atoms with E-state index in [0.29, 0.717) is 24.7 Å². The largest absolute Gasteiger partial charge is 0.376 e. The molecule has 1 saturated heterocycles. The molecule has 2 aromatic rings. The normalized spacial score (nSPS) is 16.6. The molecule has 0 aromatic heterocycles. The molecule has 3 nitrogen and oxygen atoms in total. The van der Waals surface area contributed by atoms with Crippen LogP contribution >= 0.6 is 0 Å². The van der Waals surface area contributed by atoms with Crippen molar-refractivity contribution >= 4 is 5.91 Å². The van der Waals surface area contributed by atoms with Gasteiger partial charge in [0.05, 0.1) is 11.7 Å². The fourth-order valence-corrected chi connectivity index (χ4v) is 3.01. The first-order valence-corrected chi connectivity index (χ1v) is 8.35. The van der Waals surface area contributed by atoms with Gasteiger partial charge in [-0.15, -0.1) is 0 Å². The van der Waals surface area contributed by atoms with Crippen LogP contribution in [0.5, 0.6) is 0 Å². The van der Waals surface area contributed by atoms with Crippen LogP contribution in [0.2, 0.25) is 0 Å². The maximum atomic E-state index is 14.0. The van der Waals surface area contributed by atoms with Crippen LogP contribution in [0.4, 0.5) is 22.0 Å². The van der Waals surface area contributed by atoms with Gasteiger partial charge in [0.25, 0.3) is 5.91 Å². The number of nitrogens with zero attached hydrogens (tertiary/aromatic N) is 1. The molecule has 0 spiro atoms. The van der Waals surface area contributed by atoms with Gasteiger partial charge in [0.2, 0.25) is 0 Å². The van der Waals surface area contributed by atoms with Gasteiger partial charge in [-0.2, -0.15) is 0 Å². The van der Waals surface area contributed by atoms with Crippen molar-refractivity contribution in [3.05, 3.63) is 70.5 Å². The molecule has 1 aliphatic heterocycles. The summed E-state index contributed by atoms with van der Waals surface area (Å²) in [5.41, 5.74) is -0.523. The molecule has 1 aliphatic rings. The zero-order valence-corrected chi connectivity index (χ0v) is 14.2. The van der Waals surface area contributed by atoms with E-state index >= 15 is 0 Å². The molecule has 1 heterocycles. The van der Waals surface area contributed by atoms with E-state index in [4.69, 9.17) is 4.74 Å². The van der Waals surface area contributed by atoms with Crippen molar-refractivity contribution in [2.24, 2.45) is 0 Å². The van der Waals surface area contributed by atoms with Crippen molar-refractivity contribution in [3.63, 3.8) is 0 Å². The molecule has 0 radical (unpaired) electrons. The van der Waals surface area contributed by atoms with Gasteiger partial charge in [-0.05, 0) is 36.6 Å². The standard InChI is InChI=1S/C19H16F5NO2/c20-12-4-1-3-11(7-12)9-25(10-13-5-2-6-27-13)19(26)14-8-15(21)17(23)18(24)16(14)22/h1,3-4,7-8,13H,2,5-6,9-10H2/t13-/m0/s1. The fourth-order valence-electron chi connectivity index (χ4n) is 3.01. The first kappa shape index (κ1) is 19.3. The van der Waals surface area contributed by atoms with E-state index in [1.54, 1.807) is 6.07 Å². The number of halogens is 5. The summed E-state index contributed by atoms with van der Waals surface area (Å²) >= 11 is 0. The van der Waals surface area contributed by atoms with E-state index in [0.717, 1.165) is 11.3 Å². The van der Waals surface area contributed by atoms with Crippen molar-refractivity contribution in [1.29, 1.82) is 0 Å². The average Bonchev–Trinajstić information content (AvgIpc) is 3.15. The second-order valence-corrected chi connectivity index (χ2v) is 6.30. The number of ether oxygens (including phenoxy) is 1. The summed E-state index contributed by atoms with van der Waals surface area (Å²) in [5, 5.41) is 0. The van der Waals surface area contributed by atoms with Gasteiger partial charge in [0.1, 0.15) is 5.82 Å². The predicted octanol–water partition coefficient (Wildman–Crippen LogP) is 4.20. The topological polar surface area (TPSA) is 29.5 Å². The van der Waals surface area contributed by atoms with Gasteiger partial charge in [0.15, 0.2) is 23.3 Å². The quantitative estimate of drug-likeness (QED) is 0.439. The van der Waals surface area contributed by atoms with Crippen LogP contribution in [-0.2, 0) is 11.3 Å². The molecule has 0 unspecified atom stereocenters. The molecule has 1 amide bonds. The zero-order valence-electron chi connectivity index (χ0n) is 14.2. The molecule has 1 atom stereocenters. The molecule has 0 N–H and O–H groups in total. The molecule has 8 heteroatoms. The number of rotatable bonds is 5. The molecular formula is C19H16F5NO2. The summed E-state index contributed by atoms with van der Waals surface area (Å²) in [6, 6.07) is 5.74. The highest BCUT2D eigenvalue weighted by Crippen LogP contribution is 2.23. The van der Waals surface area contributed by atoms with E-state index in [2.05, 4.69) is 0 Å². The van der Waals surface area contributed by atoms with Crippen LogP contribution in [0, 0.1) is 29.1 Å². The van der Waals surface area contributed by atoms with Gasteiger partial charge in [-0.25, -0.2) is 22.0 Å². The number of benzene rings is 2. The number of carbonyl (C=O) groups excluding carboxylic acids is 1. The molecule has 0 aliphatic carbocycles. The maximum absolute atomic E-state index is 14.0. The second-order valence-electron chi connectivity index (χ2n) is 6.30. The lowest BCUT2D eigenvalue weighted by molar-refractivity contribution is 0.0502. The van der Waals surface area contributed by atoms with Crippen LogP contribution < -0.4 is 0 Å². The molecule has 0 saturated carbocycles. The Kier molecular flexibility index (Phi) is 5.74. The van der Waals surface area contributed by atoms with Gasteiger partial charge >= 0.3 is 0 Å². The van der Waals surface area contributed by atoms with Crippen molar-refractivity contribution in [2.75, 3.05) is 13.2 Å². The summed E-state index contributed by atoms with van der Waals surface area (Å²) in [6.07, 6.45) is 1.10. The van der Waals surface area contributed by atoms with Gasteiger partial charge in [-0.1, -0.05) is 12.1 Å². The van der Waals surface area contributed by atoms with E-state index in [-0.39, 0.29) is 19.2 Å². The molecular weight excluding hydrogens is 369 g/mol. The molecule has 144 valence electrons. The Morgan fingerprint density at radius 1 is 1.07 bits per heavy atom. The number of hydrogen-bond acceptors (Lipinski definition) is 2. The monoisotopic (exact) mass is 385 g/mol. The minimum atomic E-state index is -2.05. The van der Waals surface area contributed by atoms with E-state index in [1.165, 1.54) is 18.2 Å². The van der Waals surface area contributed by atoms with Gasteiger partial charge in [0, 0.05) is 19.7 Å². The Balaban J connectivity index is 1.92. The molecule has 2 aromatic carbocycles. The Hall–Kier alpha value is -2.48. The summed E-state index contributed by atoms with van der Waals surface area (Å²) in [4.78, 5) is 13.9. The molecule has 1 fully saturated rings. The minimum absolute atomic E-state index is 0.0232. The third kappa shape index (κ3) is 4.27. The Morgan fingerprint density at radius 3 is 2.52 bits per heavy atom. The van der Waals surface area contributed by atoms with E-state index in [1.807, 2.05) is 0 Å². The van der Waals surface area contributed by atoms with E-state index < -0.39 is 40.6 Å². The fraction of sp³-hybridized carbons (Fsp3) is 0.316. The minimum Gasteiger partial charge on any atom is -0.376 e. The SMILES string of the molecule is O=C(c1cc(F)c(F)c(F)c1F)N(Cc1cccc(F)c1)C[C@@H]1CCCO1. The lowest BCUT2D eigenvalue weighted by Crippen LogP contribution is -2.37. The summed E-state index contributed by atoms with van der Waals surface area (Å²) in [5.74, 6) is -9.04. The summed E-state index contributed by atoms with van der Waals surface area (Å²) in [6.45, 7) is 0.396. The molecule has 0 bridgehead atoms. The highest BCUT2D eigenvalue weighted by molar-refractivity contribution is 5.94. The third-order valence-electron chi connectivity index (χ3n) is 4.33. The van der Waals surface area contributed by atoms with Crippen LogP contribution in [0.1, 0.15) is 28.8 Å². The van der Waals surface area contributed by atoms with Crippen LogP contribution in [0.3, 0.4) is 0 Å². The van der Waals surface area contributed by atoms with E-state index in [9.17, 15) is 26.7 Å². The first-order valence-electron chi connectivity index (χ1n) is 8.35. The Bertz CT molecular complexity index is 852. The number of carbonyl (C=O) groups is 1. The highest BCUT2D eigenvalue weighted by atomic mass is 19.2. The second kappa shape index (κ2) is 8.04. The predicted molar refractivity (Wildman–Crippen MR) is 86.4 cm³/mol. The lowest BCUT2D eigenvalue weighted by atomic mass is 10.1. The number of hydrogen-bond donors (Lipinski definition) is 0. The molecule has 27 heavy (non-hydrogen) atoms.